The van der Waals surface area contributed by atoms with Gasteiger partial charge >= 0.3 is 0 Å². The Balaban J connectivity index is 1.90. The standard InChI is InChI=1S/C11H14ClNO2/c12-9-1-3-10(4-2-9)13-5-11(6-14)7-15-8-11/h1-4,13-14H,5-8H2. The molecule has 4 heteroatoms. The zero-order valence-electron chi connectivity index (χ0n) is 8.37. The quantitative estimate of drug-likeness (QED) is 0.824. The van der Waals surface area contributed by atoms with Gasteiger partial charge in [0.2, 0.25) is 0 Å². The summed E-state index contributed by atoms with van der Waals surface area (Å²) < 4.78 is 5.12. The molecule has 2 N–H and O–H groups in total. The molecule has 0 aromatic heterocycles. The minimum Gasteiger partial charge on any atom is -0.396 e. The van der Waals surface area contributed by atoms with Crippen LogP contribution in [0.1, 0.15) is 0 Å². The second kappa shape index (κ2) is 4.39. The van der Waals surface area contributed by atoms with Crippen LogP contribution in [0.5, 0.6) is 0 Å². The molecular formula is C11H14ClNO2. The van der Waals surface area contributed by atoms with Crippen molar-refractivity contribution in [3.8, 4) is 0 Å². The van der Waals surface area contributed by atoms with Gasteiger partial charge in [-0.1, -0.05) is 11.6 Å². The van der Waals surface area contributed by atoms with Crippen LogP contribution in [0.4, 0.5) is 5.69 Å². The molecule has 2 rings (SSSR count). The maximum atomic E-state index is 9.22. The van der Waals surface area contributed by atoms with E-state index >= 15 is 0 Å². The number of hydrogen-bond donors (Lipinski definition) is 2. The Morgan fingerprint density at radius 2 is 2.00 bits per heavy atom. The molecule has 0 saturated carbocycles. The van der Waals surface area contributed by atoms with Crippen molar-refractivity contribution in [1.29, 1.82) is 0 Å². The van der Waals surface area contributed by atoms with Crippen LogP contribution < -0.4 is 5.32 Å². The lowest BCUT2D eigenvalue weighted by Crippen LogP contribution is -2.50. The van der Waals surface area contributed by atoms with E-state index in [0.717, 1.165) is 17.3 Å². The fourth-order valence-electron chi connectivity index (χ4n) is 1.50. The number of hydrogen-bond acceptors (Lipinski definition) is 3. The smallest absolute Gasteiger partial charge is 0.0584 e. The number of ether oxygens (including phenoxy) is 1. The topological polar surface area (TPSA) is 41.5 Å². The van der Waals surface area contributed by atoms with E-state index < -0.39 is 0 Å². The van der Waals surface area contributed by atoms with E-state index in [-0.39, 0.29) is 12.0 Å². The summed E-state index contributed by atoms with van der Waals surface area (Å²) in [5.74, 6) is 0. The first-order valence-corrected chi connectivity index (χ1v) is 5.30. The molecule has 0 atom stereocenters. The van der Waals surface area contributed by atoms with Crippen molar-refractivity contribution in [1.82, 2.24) is 0 Å². The van der Waals surface area contributed by atoms with E-state index in [9.17, 15) is 5.11 Å². The number of benzene rings is 1. The molecule has 1 aliphatic rings. The lowest BCUT2D eigenvalue weighted by molar-refractivity contribution is -0.128. The molecule has 1 fully saturated rings. The minimum atomic E-state index is -0.0976. The average molecular weight is 228 g/mol. The van der Waals surface area contributed by atoms with E-state index in [4.69, 9.17) is 16.3 Å². The van der Waals surface area contributed by atoms with E-state index in [2.05, 4.69) is 5.32 Å². The molecule has 0 aliphatic carbocycles. The summed E-state index contributed by atoms with van der Waals surface area (Å²) in [5.41, 5.74) is 0.915. The first-order chi connectivity index (χ1) is 7.24. The fraction of sp³-hybridized carbons (Fsp3) is 0.455. The fourth-order valence-corrected chi connectivity index (χ4v) is 1.62. The van der Waals surface area contributed by atoms with Crippen LogP contribution in [0.15, 0.2) is 24.3 Å². The van der Waals surface area contributed by atoms with Gasteiger partial charge in [-0.25, -0.2) is 0 Å². The third-order valence-electron chi connectivity index (χ3n) is 2.66. The SMILES string of the molecule is OCC1(CNc2ccc(Cl)cc2)COC1. The molecule has 15 heavy (non-hydrogen) atoms. The molecule has 1 saturated heterocycles. The Morgan fingerprint density at radius 1 is 1.33 bits per heavy atom. The van der Waals surface area contributed by atoms with Crippen LogP contribution in [0.2, 0.25) is 5.02 Å². The van der Waals surface area contributed by atoms with Gasteiger partial charge < -0.3 is 15.2 Å². The number of halogens is 1. The van der Waals surface area contributed by atoms with Crippen molar-refractivity contribution in [2.24, 2.45) is 5.41 Å². The Hall–Kier alpha value is -0.770. The molecule has 3 nitrogen and oxygen atoms in total. The van der Waals surface area contributed by atoms with Crippen LogP contribution in [0, 0.1) is 5.41 Å². The third-order valence-corrected chi connectivity index (χ3v) is 2.92. The Labute approximate surface area is 94.0 Å². The molecule has 0 amide bonds. The third kappa shape index (κ3) is 2.43. The van der Waals surface area contributed by atoms with E-state index in [1.54, 1.807) is 0 Å². The summed E-state index contributed by atoms with van der Waals surface area (Å²) in [6.07, 6.45) is 0. The van der Waals surface area contributed by atoms with Crippen LogP contribution >= 0.6 is 11.6 Å². The van der Waals surface area contributed by atoms with Crippen molar-refractivity contribution in [2.45, 2.75) is 0 Å². The highest BCUT2D eigenvalue weighted by Gasteiger charge is 2.37. The maximum absolute atomic E-state index is 9.22. The Bertz CT molecular complexity index is 316. The summed E-state index contributed by atoms with van der Waals surface area (Å²) in [6, 6.07) is 7.53. The molecule has 1 heterocycles. The molecule has 1 aromatic carbocycles. The van der Waals surface area contributed by atoms with Crippen LogP contribution in [0.3, 0.4) is 0 Å². The largest absolute Gasteiger partial charge is 0.396 e. The van der Waals surface area contributed by atoms with E-state index in [1.807, 2.05) is 24.3 Å². The predicted octanol–water partition coefficient (Wildman–Crippen LogP) is 1.76. The van der Waals surface area contributed by atoms with Crippen LogP contribution in [0.25, 0.3) is 0 Å². The van der Waals surface area contributed by atoms with Gasteiger partial charge in [0.25, 0.3) is 0 Å². The second-order valence-corrected chi connectivity index (χ2v) is 4.45. The molecule has 82 valence electrons. The second-order valence-electron chi connectivity index (χ2n) is 4.01. The summed E-state index contributed by atoms with van der Waals surface area (Å²) in [7, 11) is 0. The van der Waals surface area contributed by atoms with Gasteiger partial charge in [0, 0.05) is 17.3 Å². The summed E-state index contributed by atoms with van der Waals surface area (Å²) >= 11 is 5.78. The van der Waals surface area contributed by atoms with E-state index in [0.29, 0.717) is 13.2 Å². The van der Waals surface area contributed by atoms with E-state index in [1.165, 1.54) is 0 Å². The highest BCUT2D eigenvalue weighted by atomic mass is 35.5. The number of aliphatic hydroxyl groups is 1. The highest BCUT2D eigenvalue weighted by molar-refractivity contribution is 6.30. The first-order valence-electron chi connectivity index (χ1n) is 4.92. The van der Waals surface area contributed by atoms with Gasteiger partial charge in [-0.05, 0) is 24.3 Å². The molecular weight excluding hydrogens is 214 g/mol. The summed E-state index contributed by atoms with van der Waals surface area (Å²) in [4.78, 5) is 0. The molecule has 0 radical (unpaired) electrons. The van der Waals surface area contributed by atoms with Crippen molar-refractivity contribution in [3.05, 3.63) is 29.3 Å². The summed E-state index contributed by atoms with van der Waals surface area (Å²) in [6.45, 7) is 2.15. The number of rotatable bonds is 4. The predicted molar refractivity (Wildman–Crippen MR) is 60.3 cm³/mol. The zero-order chi connectivity index (χ0) is 10.7. The number of aliphatic hydroxyl groups excluding tert-OH is 1. The van der Waals surface area contributed by atoms with Gasteiger partial charge in [-0.15, -0.1) is 0 Å². The Morgan fingerprint density at radius 3 is 2.47 bits per heavy atom. The van der Waals surface area contributed by atoms with Crippen molar-refractivity contribution in [3.63, 3.8) is 0 Å². The van der Waals surface area contributed by atoms with Crippen LogP contribution in [-0.4, -0.2) is 31.5 Å². The maximum Gasteiger partial charge on any atom is 0.0584 e. The minimum absolute atomic E-state index is 0.0976. The number of anilines is 1. The van der Waals surface area contributed by atoms with Gasteiger partial charge in [0.1, 0.15) is 0 Å². The lowest BCUT2D eigenvalue weighted by Gasteiger charge is -2.40. The van der Waals surface area contributed by atoms with Crippen molar-refractivity contribution in [2.75, 3.05) is 31.7 Å². The normalized spacial score (nSPS) is 18.3. The molecule has 0 spiro atoms. The number of nitrogens with one attached hydrogen (secondary N) is 1. The average Bonchev–Trinajstić information content (AvgIpc) is 2.20. The summed E-state index contributed by atoms with van der Waals surface area (Å²) in [5, 5.41) is 13.2. The molecule has 0 unspecified atom stereocenters. The monoisotopic (exact) mass is 227 g/mol. The first kappa shape index (κ1) is 10.7. The van der Waals surface area contributed by atoms with Crippen molar-refractivity contribution >= 4 is 17.3 Å². The zero-order valence-corrected chi connectivity index (χ0v) is 9.13. The van der Waals surface area contributed by atoms with Crippen LogP contribution in [-0.2, 0) is 4.74 Å². The van der Waals surface area contributed by atoms with Gasteiger partial charge in [0.05, 0.1) is 25.2 Å². The Kier molecular flexibility index (Phi) is 3.14. The van der Waals surface area contributed by atoms with Gasteiger partial charge in [-0.3, -0.25) is 0 Å². The van der Waals surface area contributed by atoms with Gasteiger partial charge in [0.15, 0.2) is 0 Å². The van der Waals surface area contributed by atoms with Gasteiger partial charge in [-0.2, -0.15) is 0 Å². The lowest BCUT2D eigenvalue weighted by atomic mass is 9.87. The molecule has 0 bridgehead atoms. The highest BCUT2D eigenvalue weighted by Crippen LogP contribution is 2.27. The molecule has 1 aliphatic heterocycles. The van der Waals surface area contributed by atoms with Crippen molar-refractivity contribution < 1.29 is 9.84 Å². The molecule has 1 aromatic rings.